The Hall–Kier alpha value is -1.72. The summed E-state index contributed by atoms with van der Waals surface area (Å²) in [5, 5.41) is 7.03. The molecule has 0 saturated carbocycles. The zero-order valence-electron chi connectivity index (χ0n) is 10.7. The largest absolute Gasteiger partial charge is 0.364 e. The van der Waals surface area contributed by atoms with Gasteiger partial charge in [0.1, 0.15) is 5.82 Å². The number of alkyl halides is 2. The normalized spacial score (nSPS) is 11.4. The van der Waals surface area contributed by atoms with Crippen LogP contribution in [0.1, 0.15) is 23.9 Å². The molecule has 0 atom stereocenters. The fourth-order valence-corrected chi connectivity index (χ4v) is 1.77. The summed E-state index contributed by atoms with van der Waals surface area (Å²) < 4.78 is 26.1. The van der Waals surface area contributed by atoms with Gasteiger partial charge in [0.2, 0.25) is 0 Å². The quantitative estimate of drug-likeness (QED) is 0.911. The molecule has 0 amide bonds. The number of aryl methyl sites for hydroxylation is 3. The number of nitrogens with one attached hydrogen (secondary N) is 1. The molecule has 0 spiro atoms. The number of nitrogens with zero attached hydrogens (tertiary/aromatic N) is 3. The van der Waals surface area contributed by atoms with Crippen molar-refractivity contribution in [3.63, 3.8) is 0 Å². The minimum Gasteiger partial charge on any atom is -0.364 e. The lowest BCUT2D eigenvalue weighted by Crippen LogP contribution is -2.14. The van der Waals surface area contributed by atoms with Crippen molar-refractivity contribution in [3.8, 4) is 0 Å². The Kier molecular flexibility index (Phi) is 3.45. The first-order valence-corrected chi connectivity index (χ1v) is 5.90. The molecule has 0 fully saturated rings. The van der Waals surface area contributed by atoms with Gasteiger partial charge in [0.15, 0.2) is 5.65 Å². The van der Waals surface area contributed by atoms with Crippen LogP contribution in [-0.2, 0) is 6.42 Å². The molecule has 18 heavy (non-hydrogen) atoms. The van der Waals surface area contributed by atoms with E-state index in [0.29, 0.717) is 5.82 Å². The summed E-state index contributed by atoms with van der Waals surface area (Å²) in [5.41, 5.74) is 3.42. The zero-order valence-corrected chi connectivity index (χ0v) is 10.7. The van der Waals surface area contributed by atoms with E-state index < -0.39 is 6.43 Å². The van der Waals surface area contributed by atoms with Crippen molar-refractivity contribution in [2.75, 3.05) is 11.9 Å². The number of hydrogen-bond acceptors (Lipinski definition) is 3. The van der Waals surface area contributed by atoms with Crippen LogP contribution in [0, 0.1) is 13.8 Å². The van der Waals surface area contributed by atoms with Gasteiger partial charge in [-0.05, 0) is 20.3 Å². The van der Waals surface area contributed by atoms with Gasteiger partial charge in [-0.25, -0.2) is 13.8 Å². The van der Waals surface area contributed by atoms with Crippen molar-refractivity contribution in [3.05, 3.63) is 23.0 Å². The molecular formula is C12H16F2N4. The van der Waals surface area contributed by atoms with E-state index in [-0.39, 0.29) is 6.54 Å². The van der Waals surface area contributed by atoms with Crippen molar-refractivity contribution in [1.29, 1.82) is 0 Å². The second-order valence-electron chi connectivity index (χ2n) is 4.20. The zero-order chi connectivity index (χ0) is 13.3. The fourth-order valence-electron chi connectivity index (χ4n) is 1.77. The standard InChI is InChI=1S/C12H16F2N4/c1-4-9-5-11(15-6-10(13)14)18-12(16-9)7(2)8(3)17-18/h5,10,15H,4,6H2,1-3H3. The molecule has 0 saturated heterocycles. The van der Waals surface area contributed by atoms with Crippen molar-refractivity contribution < 1.29 is 8.78 Å². The Morgan fingerprint density at radius 3 is 2.72 bits per heavy atom. The highest BCUT2D eigenvalue weighted by atomic mass is 19.3. The molecule has 0 aromatic carbocycles. The summed E-state index contributed by atoms with van der Waals surface area (Å²) in [4.78, 5) is 4.47. The molecular weight excluding hydrogens is 238 g/mol. The lowest BCUT2D eigenvalue weighted by molar-refractivity contribution is 0.163. The Morgan fingerprint density at radius 1 is 1.39 bits per heavy atom. The first-order valence-electron chi connectivity index (χ1n) is 5.90. The number of anilines is 1. The average Bonchev–Trinajstić information content (AvgIpc) is 2.63. The van der Waals surface area contributed by atoms with Gasteiger partial charge in [0.05, 0.1) is 12.2 Å². The van der Waals surface area contributed by atoms with Crippen molar-refractivity contribution >= 4 is 11.5 Å². The first kappa shape index (κ1) is 12.7. The molecule has 2 heterocycles. The minimum atomic E-state index is -2.39. The third-order valence-electron chi connectivity index (χ3n) is 2.91. The molecule has 98 valence electrons. The second-order valence-corrected chi connectivity index (χ2v) is 4.20. The van der Waals surface area contributed by atoms with Gasteiger partial charge in [-0.1, -0.05) is 6.92 Å². The van der Waals surface area contributed by atoms with Gasteiger partial charge in [0.25, 0.3) is 6.43 Å². The maximum atomic E-state index is 12.3. The van der Waals surface area contributed by atoms with Gasteiger partial charge in [-0.15, -0.1) is 0 Å². The van der Waals surface area contributed by atoms with E-state index in [4.69, 9.17) is 0 Å². The number of rotatable bonds is 4. The SMILES string of the molecule is CCc1cc(NCC(F)F)n2nc(C)c(C)c2n1. The van der Waals surface area contributed by atoms with Crippen LogP contribution >= 0.6 is 0 Å². The molecule has 2 aromatic heterocycles. The van der Waals surface area contributed by atoms with Crippen LogP contribution < -0.4 is 5.32 Å². The maximum absolute atomic E-state index is 12.3. The molecule has 2 aromatic rings. The molecule has 0 radical (unpaired) electrons. The highest BCUT2D eigenvalue weighted by Gasteiger charge is 2.12. The van der Waals surface area contributed by atoms with Crippen molar-refractivity contribution in [2.24, 2.45) is 0 Å². The van der Waals surface area contributed by atoms with Crippen LogP contribution in [0.3, 0.4) is 0 Å². The average molecular weight is 254 g/mol. The van der Waals surface area contributed by atoms with Crippen LogP contribution in [-0.4, -0.2) is 27.6 Å². The minimum absolute atomic E-state index is 0.389. The van der Waals surface area contributed by atoms with E-state index >= 15 is 0 Å². The monoisotopic (exact) mass is 254 g/mol. The summed E-state index contributed by atoms with van der Waals surface area (Å²) >= 11 is 0. The molecule has 0 aliphatic carbocycles. The van der Waals surface area contributed by atoms with Crippen LogP contribution in [0.4, 0.5) is 14.6 Å². The molecule has 0 aliphatic rings. The van der Waals surface area contributed by atoms with Crippen molar-refractivity contribution in [1.82, 2.24) is 14.6 Å². The molecule has 2 rings (SSSR count). The van der Waals surface area contributed by atoms with E-state index in [1.54, 1.807) is 10.6 Å². The Bertz CT molecular complexity index is 563. The second kappa shape index (κ2) is 4.88. The van der Waals surface area contributed by atoms with E-state index in [0.717, 1.165) is 29.0 Å². The maximum Gasteiger partial charge on any atom is 0.255 e. The number of fused-ring (bicyclic) bond motifs is 1. The molecule has 1 N–H and O–H groups in total. The molecule has 6 heteroatoms. The third kappa shape index (κ3) is 2.27. The summed E-state index contributed by atoms with van der Waals surface area (Å²) in [6, 6.07) is 1.77. The lowest BCUT2D eigenvalue weighted by Gasteiger charge is -2.09. The number of hydrogen-bond donors (Lipinski definition) is 1. The summed E-state index contributed by atoms with van der Waals surface area (Å²) in [6.07, 6.45) is -1.64. The summed E-state index contributed by atoms with van der Waals surface area (Å²) in [6.45, 7) is 5.40. The molecule has 0 bridgehead atoms. The third-order valence-corrected chi connectivity index (χ3v) is 2.91. The Balaban J connectivity index is 2.52. The smallest absolute Gasteiger partial charge is 0.255 e. The van der Waals surface area contributed by atoms with E-state index in [9.17, 15) is 8.78 Å². The highest BCUT2D eigenvalue weighted by molar-refractivity contribution is 5.56. The Morgan fingerprint density at radius 2 is 2.11 bits per heavy atom. The van der Waals surface area contributed by atoms with Crippen molar-refractivity contribution in [2.45, 2.75) is 33.6 Å². The molecule has 0 unspecified atom stereocenters. The van der Waals surface area contributed by atoms with E-state index in [1.807, 2.05) is 20.8 Å². The van der Waals surface area contributed by atoms with Gasteiger partial charge < -0.3 is 5.32 Å². The summed E-state index contributed by atoms with van der Waals surface area (Å²) in [7, 11) is 0. The van der Waals surface area contributed by atoms with E-state index in [2.05, 4.69) is 15.4 Å². The predicted molar refractivity (Wildman–Crippen MR) is 66.3 cm³/mol. The predicted octanol–water partition coefficient (Wildman–Crippen LogP) is 2.59. The Labute approximate surface area is 104 Å². The van der Waals surface area contributed by atoms with E-state index in [1.165, 1.54) is 0 Å². The number of aromatic nitrogens is 3. The molecule has 4 nitrogen and oxygen atoms in total. The van der Waals surface area contributed by atoms with Gasteiger partial charge in [-0.2, -0.15) is 9.61 Å². The van der Waals surface area contributed by atoms with Gasteiger partial charge in [0, 0.05) is 17.3 Å². The van der Waals surface area contributed by atoms with Crippen LogP contribution in [0.25, 0.3) is 5.65 Å². The summed E-state index contributed by atoms with van der Waals surface area (Å²) in [5.74, 6) is 0.563. The van der Waals surface area contributed by atoms with Crippen LogP contribution in [0.5, 0.6) is 0 Å². The topological polar surface area (TPSA) is 42.2 Å². The lowest BCUT2D eigenvalue weighted by atomic mass is 10.2. The molecule has 0 aliphatic heterocycles. The van der Waals surface area contributed by atoms with Crippen LogP contribution in [0.2, 0.25) is 0 Å². The fraction of sp³-hybridized carbons (Fsp3) is 0.500. The van der Waals surface area contributed by atoms with Gasteiger partial charge >= 0.3 is 0 Å². The highest BCUT2D eigenvalue weighted by Crippen LogP contribution is 2.18. The number of halogens is 2. The van der Waals surface area contributed by atoms with Crippen LogP contribution in [0.15, 0.2) is 6.07 Å². The van der Waals surface area contributed by atoms with Gasteiger partial charge in [-0.3, -0.25) is 0 Å². The first-order chi connectivity index (χ1) is 8.52.